The lowest BCUT2D eigenvalue weighted by molar-refractivity contribution is -0.119. The Hall–Kier alpha value is -1.89. The molecule has 0 aliphatic carbocycles. The van der Waals surface area contributed by atoms with Gasteiger partial charge in [0.25, 0.3) is 5.91 Å². The van der Waals surface area contributed by atoms with E-state index in [2.05, 4.69) is 24.3 Å². The second kappa shape index (κ2) is 5.31. The van der Waals surface area contributed by atoms with E-state index < -0.39 is 0 Å². The van der Waals surface area contributed by atoms with Crippen LogP contribution in [0.2, 0.25) is 0 Å². The minimum Gasteiger partial charge on any atom is -0.355 e. The van der Waals surface area contributed by atoms with E-state index >= 15 is 0 Å². The van der Waals surface area contributed by atoms with Gasteiger partial charge in [-0.1, -0.05) is 13.8 Å². The third-order valence-electron chi connectivity index (χ3n) is 5.22. The molecule has 4 heterocycles. The monoisotopic (exact) mass is 346 g/mol. The van der Waals surface area contributed by atoms with Crippen LogP contribution in [0.4, 0.5) is 0 Å². The van der Waals surface area contributed by atoms with E-state index in [-0.39, 0.29) is 17.2 Å². The predicted octanol–water partition coefficient (Wildman–Crippen LogP) is 2.11. The summed E-state index contributed by atoms with van der Waals surface area (Å²) in [5, 5.41) is 8.57. The zero-order valence-electron chi connectivity index (χ0n) is 14.3. The van der Waals surface area contributed by atoms with Crippen LogP contribution in [0.25, 0.3) is 10.2 Å². The van der Waals surface area contributed by atoms with Gasteiger partial charge in [-0.05, 0) is 18.4 Å². The number of thiophene rings is 1. The molecule has 2 saturated heterocycles. The van der Waals surface area contributed by atoms with Crippen molar-refractivity contribution in [3.8, 4) is 0 Å². The number of amides is 2. The molecule has 0 bridgehead atoms. The number of likely N-dealkylation sites (tertiary alicyclic amines) is 1. The lowest BCUT2D eigenvalue weighted by atomic mass is 9.86. The normalized spacial score (nSPS) is 23.8. The van der Waals surface area contributed by atoms with Gasteiger partial charge in [0.2, 0.25) is 5.91 Å². The van der Waals surface area contributed by atoms with Gasteiger partial charge >= 0.3 is 0 Å². The van der Waals surface area contributed by atoms with Crippen LogP contribution in [0.15, 0.2) is 6.07 Å². The summed E-state index contributed by atoms with van der Waals surface area (Å²) in [4.78, 5) is 28.2. The van der Waals surface area contributed by atoms with Crippen molar-refractivity contribution in [3.05, 3.63) is 16.6 Å². The fraction of sp³-hybridized carbons (Fsp3) is 0.588. The average molecular weight is 346 g/mol. The summed E-state index contributed by atoms with van der Waals surface area (Å²) in [6.45, 7) is 6.35. The number of carbonyl (C=O) groups excluding carboxylic acids is 2. The van der Waals surface area contributed by atoms with E-state index in [9.17, 15) is 9.59 Å². The highest BCUT2D eigenvalue weighted by Crippen LogP contribution is 2.38. The number of carbonyl (C=O) groups is 2. The Morgan fingerprint density at radius 2 is 2.25 bits per heavy atom. The third-order valence-corrected chi connectivity index (χ3v) is 6.41. The number of nitrogens with one attached hydrogen (secondary N) is 1. The van der Waals surface area contributed by atoms with Crippen molar-refractivity contribution in [1.82, 2.24) is 20.0 Å². The fourth-order valence-electron chi connectivity index (χ4n) is 3.90. The fourth-order valence-corrected chi connectivity index (χ4v) is 4.95. The van der Waals surface area contributed by atoms with Crippen LogP contribution in [0.1, 0.15) is 48.0 Å². The van der Waals surface area contributed by atoms with Crippen molar-refractivity contribution in [1.29, 1.82) is 0 Å². The SMILES string of the molecule is CC(C)c1nn(C)c2sc(C(=O)N3CCC4(CNC(=O)C4)C3)cc12. The van der Waals surface area contributed by atoms with Crippen molar-refractivity contribution < 1.29 is 9.59 Å². The third kappa shape index (κ3) is 2.33. The van der Waals surface area contributed by atoms with Crippen LogP contribution >= 0.6 is 11.3 Å². The van der Waals surface area contributed by atoms with Crippen LogP contribution in [0, 0.1) is 5.41 Å². The van der Waals surface area contributed by atoms with Gasteiger partial charge < -0.3 is 10.2 Å². The van der Waals surface area contributed by atoms with E-state index in [1.807, 2.05) is 22.7 Å². The average Bonchev–Trinajstić information content (AvgIpc) is 3.26. The maximum Gasteiger partial charge on any atom is 0.264 e. The molecule has 6 nitrogen and oxygen atoms in total. The van der Waals surface area contributed by atoms with Gasteiger partial charge in [-0.15, -0.1) is 11.3 Å². The Morgan fingerprint density at radius 1 is 1.46 bits per heavy atom. The summed E-state index contributed by atoms with van der Waals surface area (Å²) in [6.07, 6.45) is 1.45. The summed E-state index contributed by atoms with van der Waals surface area (Å²) in [5.41, 5.74) is 1.000. The van der Waals surface area contributed by atoms with E-state index in [4.69, 9.17) is 0 Å². The van der Waals surface area contributed by atoms with E-state index in [0.29, 0.717) is 25.4 Å². The second-order valence-electron chi connectivity index (χ2n) is 7.42. The van der Waals surface area contributed by atoms with Crippen LogP contribution in [-0.2, 0) is 11.8 Å². The van der Waals surface area contributed by atoms with Gasteiger partial charge in [0.1, 0.15) is 4.83 Å². The molecule has 128 valence electrons. The van der Waals surface area contributed by atoms with Crippen LogP contribution in [0.3, 0.4) is 0 Å². The van der Waals surface area contributed by atoms with Crippen LogP contribution in [-0.4, -0.2) is 46.1 Å². The molecule has 1 unspecified atom stereocenters. The van der Waals surface area contributed by atoms with Gasteiger partial charge in [-0.3, -0.25) is 14.3 Å². The summed E-state index contributed by atoms with van der Waals surface area (Å²) in [7, 11) is 1.93. The van der Waals surface area contributed by atoms with Gasteiger partial charge in [0.15, 0.2) is 0 Å². The zero-order valence-corrected chi connectivity index (χ0v) is 15.1. The van der Waals surface area contributed by atoms with E-state index in [1.54, 1.807) is 0 Å². The van der Waals surface area contributed by atoms with E-state index in [1.165, 1.54) is 11.3 Å². The van der Waals surface area contributed by atoms with Crippen LogP contribution < -0.4 is 5.32 Å². The van der Waals surface area contributed by atoms with Crippen molar-refractivity contribution in [3.63, 3.8) is 0 Å². The molecule has 0 saturated carbocycles. The molecule has 7 heteroatoms. The van der Waals surface area contributed by atoms with Crippen molar-refractivity contribution in [2.24, 2.45) is 12.5 Å². The second-order valence-corrected chi connectivity index (χ2v) is 8.45. The Morgan fingerprint density at radius 3 is 2.92 bits per heavy atom. The molecular weight excluding hydrogens is 324 g/mol. The number of nitrogens with zero attached hydrogens (tertiary/aromatic N) is 3. The molecule has 2 aromatic heterocycles. The largest absolute Gasteiger partial charge is 0.355 e. The molecule has 2 fully saturated rings. The molecule has 2 aliphatic rings. The number of fused-ring (bicyclic) bond motifs is 1. The summed E-state index contributed by atoms with van der Waals surface area (Å²) >= 11 is 1.52. The highest BCUT2D eigenvalue weighted by molar-refractivity contribution is 7.20. The summed E-state index contributed by atoms with van der Waals surface area (Å²) in [5.74, 6) is 0.526. The number of hydrogen-bond acceptors (Lipinski definition) is 4. The predicted molar refractivity (Wildman–Crippen MR) is 93.3 cm³/mol. The number of hydrogen-bond donors (Lipinski definition) is 1. The van der Waals surface area contributed by atoms with E-state index in [0.717, 1.165) is 33.8 Å². The molecule has 0 radical (unpaired) electrons. The lowest BCUT2D eigenvalue weighted by Crippen LogP contribution is -2.32. The van der Waals surface area contributed by atoms with Gasteiger partial charge in [-0.25, -0.2) is 0 Å². The molecule has 0 aromatic carbocycles. The number of aryl methyl sites for hydroxylation is 1. The lowest BCUT2D eigenvalue weighted by Gasteiger charge is -2.21. The molecule has 24 heavy (non-hydrogen) atoms. The smallest absolute Gasteiger partial charge is 0.264 e. The highest BCUT2D eigenvalue weighted by atomic mass is 32.1. The summed E-state index contributed by atoms with van der Waals surface area (Å²) < 4.78 is 1.87. The molecule has 2 aliphatic heterocycles. The molecule has 4 rings (SSSR count). The Labute approximate surface area is 144 Å². The molecule has 2 amide bonds. The highest BCUT2D eigenvalue weighted by Gasteiger charge is 2.45. The van der Waals surface area contributed by atoms with Gasteiger partial charge in [-0.2, -0.15) is 5.10 Å². The Bertz CT molecular complexity index is 837. The quantitative estimate of drug-likeness (QED) is 0.906. The Kier molecular flexibility index (Phi) is 3.46. The first-order valence-electron chi connectivity index (χ1n) is 8.41. The number of aromatic nitrogens is 2. The minimum atomic E-state index is -0.0475. The first-order valence-corrected chi connectivity index (χ1v) is 9.23. The van der Waals surface area contributed by atoms with Crippen LogP contribution in [0.5, 0.6) is 0 Å². The maximum atomic E-state index is 12.9. The number of rotatable bonds is 2. The molecule has 1 N–H and O–H groups in total. The standard InChI is InChI=1S/C17H22N4O2S/c1-10(2)14-11-6-12(24-16(11)20(3)19-14)15(23)21-5-4-17(9-21)7-13(22)18-8-17/h6,10H,4-5,7-9H2,1-3H3,(H,18,22). The Balaban J connectivity index is 1.60. The minimum absolute atomic E-state index is 0.0475. The first-order chi connectivity index (χ1) is 11.4. The first kappa shape index (κ1) is 15.6. The molecular formula is C17H22N4O2S. The van der Waals surface area contributed by atoms with Crippen molar-refractivity contribution >= 4 is 33.4 Å². The van der Waals surface area contributed by atoms with Crippen molar-refractivity contribution in [2.75, 3.05) is 19.6 Å². The van der Waals surface area contributed by atoms with Gasteiger partial charge in [0, 0.05) is 43.9 Å². The maximum absolute atomic E-state index is 12.9. The summed E-state index contributed by atoms with van der Waals surface area (Å²) in [6, 6.07) is 1.99. The molecule has 2 aromatic rings. The molecule has 1 atom stereocenters. The van der Waals surface area contributed by atoms with Gasteiger partial charge in [0.05, 0.1) is 10.6 Å². The topological polar surface area (TPSA) is 67.2 Å². The molecule has 1 spiro atoms. The zero-order chi connectivity index (χ0) is 17.1. The van der Waals surface area contributed by atoms with Crippen molar-refractivity contribution in [2.45, 2.75) is 32.6 Å².